The third kappa shape index (κ3) is 2.73. The lowest BCUT2D eigenvalue weighted by molar-refractivity contribution is 0.194. The van der Waals surface area contributed by atoms with Crippen LogP contribution in [-0.2, 0) is 24.1 Å². The molecule has 5 heteroatoms. The Morgan fingerprint density at radius 1 is 1.40 bits per heavy atom. The van der Waals surface area contributed by atoms with Gasteiger partial charge < -0.3 is 14.6 Å². The second-order valence-corrected chi connectivity index (χ2v) is 4.98. The molecule has 0 atom stereocenters. The fraction of sp³-hybridized carbons (Fsp3) is 0.467. The van der Waals surface area contributed by atoms with Crippen LogP contribution in [0.1, 0.15) is 23.4 Å². The molecule has 0 amide bonds. The molecule has 1 N–H and O–H groups in total. The van der Waals surface area contributed by atoms with Crippen molar-refractivity contribution in [3.05, 3.63) is 35.2 Å². The normalized spacial score (nSPS) is 14.2. The van der Waals surface area contributed by atoms with Gasteiger partial charge in [0.25, 0.3) is 5.89 Å². The quantitative estimate of drug-likeness (QED) is 0.844. The Hall–Kier alpha value is -1.72. The van der Waals surface area contributed by atoms with Crippen LogP contribution in [0.3, 0.4) is 0 Å². The summed E-state index contributed by atoms with van der Waals surface area (Å²) in [6.45, 7) is 2.63. The van der Waals surface area contributed by atoms with Crippen LogP contribution >= 0.6 is 0 Å². The van der Waals surface area contributed by atoms with Crippen LogP contribution in [0.5, 0.6) is 0 Å². The number of fused-ring (bicyclic) bond motifs is 1. The van der Waals surface area contributed by atoms with E-state index in [2.05, 4.69) is 33.7 Å². The summed E-state index contributed by atoms with van der Waals surface area (Å²) in [5.74, 6) is 1.39. The highest BCUT2D eigenvalue weighted by Crippen LogP contribution is 2.27. The Labute approximate surface area is 118 Å². The van der Waals surface area contributed by atoms with Crippen LogP contribution < -0.4 is 5.32 Å². The number of aromatic nitrogens is 2. The number of hydrogen-bond donors (Lipinski definition) is 1. The number of rotatable bonds is 5. The lowest BCUT2D eigenvalue weighted by Gasteiger charge is -2.18. The van der Waals surface area contributed by atoms with Gasteiger partial charge in [-0.3, -0.25) is 0 Å². The molecule has 2 heterocycles. The zero-order valence-electron chi connectivity index (χ0n) is 11.7. The molecule has 0 spiro atoms. The maximum atomic E-state index is 5.43. The van der Waals surface area contributed by atoms with Gasteiger partial charge in [-0.1, -0.05) is 17.3 Å². The Morgan fingerprint density at radius 2 is 2.35 bits per heavy atom. The molecular weight excluding hydrogens is 254 g/mol. The largest absolute Gasteiger partial charge is 0.385 e. The van der Waals surface area contributed by atoms with Gasteiger partial charge in [0.15, 0.2) is 5.82 Å². The minimum Gasteiger partial charge on any atom is -0.385 e. The van der Waals surface area contributed by atoms with E-state index < -0.39 is 0 Å². The van der Waals surface area contributed by atoms with Gasteiger partial charge in [-0.05, 0) is 36.6 Å². The van der Waals surface area contributed by atoms with Crippen LogP contribution in [0.2, 0.25) is 0 Å². The SMILES string of the molecule is COCCCc1noc(-c2cccc3c2CCNC3)n1. The summed E-state index contributed by atoms with van der Waals surface area (Å²) in [6.07, 6.45) is 2.70. The average molecular weight is 273 g/mol. The van der Waals surface area contributed by atoms with Crippen LogP contribution in [0.15, 0.2) is 22.7 Å². The number of benzene rings is 1. The maximum absolute atomic E-state index is 5.43. The van der Waals surface area contributed by atoms with Crippen molar-refractivity contribution in [3.63, 3.8) is 0 Å². The van der Waals surface area contributed by atoms with E-state index in [4.69, 9.17) is 9.26 Å². The highest BCUT2D eigenvalue weighted by atomic mass is 16.5. The first-order valence-corrected chi connectivity index (χ1v) is 7.02. The van der Waals surface area contributed by atoms with Crippen molar-refractivity contribution in [2.45, 2.75) is 25.8 Å². The average Bonchev–Trinajstić information content (AvgIpc) is 2.96. The van der Waals surface area contributed by atoms with Crippen LogP contribution in [0, 0.1) is 0 Å². The number of ether oxygens (including phenoxy) is 1. The minimum absolute atomic E-state index is 0.635. The van der Waals surface area contributed by atoms with E-state index in [-0.39, 0.29) is 0 Å². The molecule has 0 bridgehead atoms. The fourth-order valence-corrected chi connectivity index (χ4v) is 2.57. The summed E-state index contributed by atoms with van der Waals surface area (Å²) in [7, 11) is 1.70. The maximum Gasteiger partial charge on any atom is 0.258 e. The van der Waals surface area contributed by atoms with Gasteiger partial charge >= 0.3 is 0 Å². The van der Waals surface area contributed by atoms with E-state index in [9.17, 15) is 0 Å². The first-order chi connectivity index (χ1) is 9.88. The van der Waals surface area contributed by atoms with Crippen molar-refractivity contribution in [3.8, 4) is 11.5 Å². The van der Waals surface area contributed by atoms with Gasteiger partial charge in [0.05, 0.1) is 0 Å². The molecule has 1 aliphatic rings. The fourth-order valence-electron chi connectivity index (χ4n) is 2.57. The molecule has 20 heavy (non-hydrogen) atoms. The Kier molecular flexibility index (Phi) is 4.08. The summed E-state index contributed by atoms with van der Waals surface area (Å²) in [4.78, 5) is 4.51. The topological polar surface area (TPSA) is 60.2 Å². The first kappa shape index (κ1) is 13.3. The number of methoxy groups -OCH3 is 1. The summed E-state index contributed by atoms with van der Waals surface area (Å²) in [5.41, 5.74) is 3.74. The van der Waals surface area contributed by atoms with Crippen LogP contribution in [0.4, 0.5) is 0 Å². The second kappa shape index (κ2) is 6.15. The van der Waals surface area contributed by atoms with E-state index in [0.717, 1.165) is 50.3 Å². The predicted molar refractivity (Wildman–Crippen MR) is 75.3 cm³/mol. The van der Waals surface area contributed by atoms with Gasteiger partial charge in [0.2, 0.25) is 0 Å². The molecule has 5 nitrogen and oxygen atoms in total. The first-order valence-electron chi connectivity index (χ1n) is 7.02. The van der Waals surface area contributed by atoms with Crippen molar-refractivity contribution in [2.75, 3.05) is 20.3 Å². The smallest absolute Gasteiger partial charge is 0.258 e. The van der Waals surface area contributed by atoms with Gasteiger partial charge in [-0.25, -0.2) is 0 Å². The zero-order chi connectivity index (χ0) is 13.8. The van der Waals surface area contributed by atoms with E-state index in [1.165, 1.54) is 11.1 Å². The van der Waals surface area contributed by atoms with Crippen LogP contribution in [0.25, 0.3) is 11.5 Å². The third-order valence-electron chi connectivity index (χ3n) is 3.59. The molecule has 3 rings (SSSR count). The van der Waals surface area contributed by atoms with Crippen molar-refractivity contribution < 1.29 is 9.26 Å². The summed E-state index contributed by atoms with van der Waals surface area (Å²) in [5, 5.41) is 7.43. The molecule has 2 aromatic rings. The molecule has 0 radical (unpaired) electrons. The van der Waals surface area contributed by atoms with Crippen molar-refractivity contribution in [2.24, 2.45) is 0 Å². The second-order valence-electron chi connectivity index (χ2n) is 4.98. The summed E-state index contributed by atoms with van der Waals surface area (Å²) >= 11 is 0. The van der Waals surface area contributed by atoms with E-state index in [1.807, 2.05) is 0 Å². The number of nitrogens with one attached hydrogen (secondary N) is 1. The Morgan fingerprint density at radius 3 is 3.25 bits per heavy atom. The van der Waals surface area contributed by atoms with Crippen LogP contribution in [-0.4, -0.2) is 30.4 Å². The zero-order valence-corrected chi connectivity index (χ0v) is 11.7. The highest BCUT2D eigenvalue weighted by molar-refractivity contribution is 5.61. The van der Waals surface area contributed by atoms with Crippen molar-refractivity contribution >= 4 is 0 Å². The molecule has 0 saturated carbocycles. The minimum atomic E-state index is 0.635. The van der Waals surface area contributed by atoms with Gasteiger partial charge in [-0.2, -0.15) is 4.98 Å². The number of aryl methyl sites for hydroxylation is 1. The van der Waals surface area contributed by atoms with E-state index >= 15 is 0 Å². The number of nitrogens with zero attached hydrogens (tertiary/aromatic N) is 2. The highest BCUT2D eigenvalue weighted by Gasteiger charge is 2.17. The number of hydrogen-bond acceptors (Lipinski definition) is 5. The van der Waals surface area contributed by atoms with Gasteiger partial charge in [-0.15, -0.1) is 0 Å². The molecule has 0 saturated heterocycles. The van der Waals surface area contributed by atoms with E-state index in [0.29, 0.717) is 5.89 Å². The molecular formula is C15H19N3O2. The molecule has 0 fully saturated rings. The molecule has 0 unspecified atom stereocenters. The Balaban J connectivity index is 1.82. The monoisotopic (exact) mass is 273 g/mol. The predicted octanol–water partition coefficient (Wildman–Crippen LogP) is 1.96. The molecule has 1 aromatic heterocycles. The van der Waals surface area contributed by atoms with Crippen molar-refractivity contribution in [1.82, 2.24) is 15.5 Å². The van der Waals surface area contributed by atoms with E-state index in [1.54, 1.807) is 7.11 Å². The van der Waals surface area contributed by atoms with Gasteiger partial charge in [0, 0.05) is 32.2 Å². The summed E-state index contributed by atoms with van der Waals surface area (Å²) in [6, 6.07) is 6.27. The lowest BCUT2D eigenvalue weighted by atomic mass is 9.95. The standard InChI is InChI=1S/C15H19N3O2/c1-19-9-3-6-14-17-15(20-18-14)13-5-2-4-11-10-16-8-7-12(11)13/h2,4-5,16H,3,6-10H2,1H3. The Bertz CT molecular complexity index is 580. The van der Waals surface area contributed by atoms with Crippen molar-refractivity contribution in [1.29, 1.82) is 0 Å². The third-order valence-corrected chi connectivity index (χ3v) is 3.59. The molecule has 1 aliphatic heterocycles. The molecule has 106 valence electrons. The van der Waals surface area contributed by atoms with Gasteiger partial charge in [0.1, 0.15) is 0 Å². The molecule has 1 aromatic carbocycles. The lowest BCUT2D eigenvalue weighted by Crippen LogP contribution is -2.24. The summed E-state index contributed by atoms with van der Waals surface area (Å²) < 4.78 is 10.5. The molecule has 0 aliphatic carbocycles.